The molecule has 92 valence electrons. The van der Waals surface area contributed by atoms with Crippen molar-refractivity contribution in [1.29, 1.82) is 0 Å². The number of benzene rings is 1. The molecule has 3 N–H and O–H groups in total. The summed E-state index contributed by atoms with van der Waals surface area (Å²) in [6.07, 6.45) is 3.38. The number of halogens is 1. The Morgan fingerprint density at radius 1 is 1.39 bits per heavy atom. The van der Waals surface area contributed by atoms with Gasteiger partial charge in [0.2, 0.25) is 0 Å². The molecule has 0 saturated heterocycles. The average molecular weight is 262 g/mol. The van der Waals surface area contributed by atoms with Crippen molar-refractivity contribution in [2.45, 2.75) is 6.54 Å². The topological polar surface area (TPSA) is 68.0 Å². The third-order valence-electron chi connectivity index (χ3n) is 2.41. The lowest BCUT2D eigenvalue weighted by Gasteiger charge is -2.07. The van der Waals surface area contributed by atoms with E-state index in [-0.39, 0.29) is 5.91 Å². The molecule has 0 aliphatic heterocycles. The number of carbonyl (C=O) groups excluding carboxylic acids is 1. The Balaban J connectivity index is 2.06. The molecule has 1 amide bonds. The summed E-state index contributed by atoms with van der Waals surface area (Å²) in [6, 6.07) is 8.51. The smallest absolute Gasteiger partial charge is 0.253 e. The Morgan fingerprint density at radius 2 is 2.22 bits per heavy atom. The van der Waals surface area contributed by atoms with E-state index in [2.05, 4.69) is 10.3 Å². The Morgan fingerprint density at radius 3 is 2.94 bits per heavy atom. The highest BCUT2D eigenvalue weighted by molar-refractivity contribution is 6.34. The fraction of sp³-hybridized carbons (Fsp3) is 0.0769. The standard InChI is InChI=1S/C13H12ClN3O/c14-12-4-3-10(15)6-11(12)13(18)17-8-9-2-1-5-16-7-9/h1-7H,8,15H2,(H,17,18). The van der Waals surface area contributed by atoms with E-state index in [0.29, 0.717) is 22.8 Å². The quantitative estimate of drug-likeness (QED) is 0.833. The predicted molar refractivity (Wildman–Crippen MR) is 71.3 cm³/mol. The van der Waals surface area contributed by atoms with Crippen LogP contribution in [0.5, 0.6) is 0 Å². The van der Waals surface area contributed by atoms with Crippen LogP contribution in [0, 0.1) is 0 Å². The summed E-state index contributed by atoms with van der Waals surface area (Å²) in [6.45, 7) is 0.401. The van der Waals surface area contributed by atoms with Crippen LogP contribution >= 0.6 is 11.6 Å². The van der Waals surface area contributed by atoms with E-state index in [0.717, 1.165) is 5.56 Å². The van der Waals surface area contributed by atoms with Gasteiger partial charge in [-0.1, -0.05) is 17.7 Å². The normalized spacial score (nSPS) is 10.1. The van der Waals surface area contributed by atoms with Crippen LogP contribution in [0.4, 0.5) is 5.69 Å². The number of nitrogens with one attached hydrogen (secondary N) is 1. The number of nitrogens with zero attached hydrogens (tertiary/aromatic N) is 1. The molecule has 0 saturated carbocycles. The molecule has 2 aromatic rings. The maximum atomic E-state index is 11.9. The number of aromatic nitrogens is 1. The Kier molecular flexibility index (Phi) is 3.79. The number of hydrogen-bond donors (Lipinski definition) is 2. The molecule has 4 nitrogen and oxygen atoms in total. The second-order valence-electron chi connectivity index (χ2n) is 3.78. The molecule has 1 heterocycles. The van der Waals surface area contributed by atoms with Crippen molar-refractivity contribution in [3.63, 3.8) is 0 Å². The van der Waals surface area contributed by atoms with Crippen LogP contribution in [0.2, 0.25) is 5.02 Å². The zero-order valence-electron chi connectivity index (χ0n) is 9.56. The van der Waals surface area contributed by atoms with Gasteiger partial charge in [0, 0.05) is 24.6 Å². The molecule has 0 atom stereocenters. The molecule has 0 bridgehead atoms. The number of amides is 1. The Hall–Kier alpha value is -2.07. The Labute approximate surface area is 110 Å². The monoisotopic (exact) mass is 261 g/mol. The van der Waals surface area contributed by atoms with Gasteiger partial charge >= 0.3 is 0 Å². The van der Waals surface area contributed by atoms with E-state index in [1.54, 1.807) is 30.6 Å². The number of carbonyl (C=O) groups is 1. The summed E-state index contributed by atoms with van der Waals surface area (Å²) in [7, 11) is 0. The third-order valence-corrected chi connectivity index (χ3v) is 2.74. The molecule has 18 heavy (non-hydrogen) atoms. The van der Waals surface area contributed by atoms with Crippen molar-refractivity contribution in [2.75, 3.05) is 5.73 Å². The number of nitrogen functional groups attached to an aromatic ring is 1. The minimum absolute atomic E-state index is 0.254. The lowest BCUT2D eigenvalue weighted by molar-refractivity contribution is 0.0951. The van der Waals surface area contributed by atoms with Crippen LogP contribution < -0.4 is 11.1 Å². The Bertz CT molecular complexity index is 557. The van der Waals surface area contributed by atoms with Crippen LogP contribution in [0.15, 0.2) is 42.7 Å². The van der Waals surface area contributed by atoms with Crippen molar-refractivity contribution in [3.8, 4) is 0 Å². The van der Waals surface area contributed by atoms with Gasteiger partial charge in [0.25, 0.3) is 5.91 Å². The molecular formula is C13H12ClN3O. The predicted octanol–water partition coefficient (Wildman–Crippen LogP) is 2.25. The van der Waals surface area contributed by atoms with Gasteiger partial charge in [0.15, 0.2) is 0 Å². The second-order valence-corrected chi connectivity index (χ2v) is 4.19. The lowest BCUT2D eigenvalue weighted by Crippen LogP contribution is -2.23. The second kappa shape index (κ2) is 5.51. The molecule has 0 fully saturated rings. The summed E-state index contributed by atoms with van der Waals surface area (Å²) >= 11 is 5.94. The highest BCUT2D eigenvalue weighted by Gasteiger charge is 2.10. The van der Waals surface area contributed by atoms with Crippen LogP contribution in [0.25, 0.3) is 0 Å². The van der Waals surface area contributed by atoms with Gasteiger partial charge in [-0.25, -0.2) is 0 Å². The van der Waals surface area contributed by atoms with E-state index in [1.807, 2.05) is 12.1 Å². The fourth-order valence-electron chi connectivity index (χ4n) is 1.50. The van der Waals surface area contributed by atoms with Gasteiger partial charge in [-0.15, -0.1) is 0 Å². The highest BCUT2D eigenvalue weighted by atomic mass is 35.5. The van der Waals surface area contributed by atoms with Gasteiger partial charge in [-0.05, 0) is 29.8 Å². The van der Waals surface area contributed by atoms with Crippen molar-refractivity contribution in [3.05, 3.63) is 58.9 Å². The first kappa shape index (κ1) is 12.4. The lowest BCUT2D eigenvalue weighted by atomic mass is 10.2. The van der Waals surface area contributed by atoms with Gasteiger partial charge < -0.3 is 11.1 Å². The average Bonchev–Trinajstić information content (AvgIpc) is 2.40. The number of pyridine rings is 1. The first-order valence-corrected chi connectivity index (χ1v) is 5.77. The zero-order valence-corrected chi connectivity index (χ0v) is 10.3. The van der Waals surface area contributed by atoms with Gasteiger partial charge in [-0.2, -0.15) is 0 Å². The zero-order chi connectivity index (χ0) is 13.0. The molecule has 0 aliphatic rings. The van der Waals surface area contributed by atoms with E-state index >= 15 is 0 Å². The molecule has 2 rings (SSSR count). The summed E-state index contributed by atoms with van der Waals surface area (Å²) in [5.74, 6) is -0.254. The van der Waals surface area contributed by atoms with Gasteiger partial charge in [0.1, 0.15) is 0 Å². The minimum atomic E-state index is -0.254. The summed E-state index contributed by atoms with van der Waals surface area (Å²) in [4.78, 5) is 15.9. The largest absolute Gasteiger partial charge is 0.399 e. The van der Waals surface area contributed by atoms with E-state index in [1.165, 1.54) is 0 Å². The first-order chi connectivity index (χ1) is 8.66. The van der Waals surface area contributed by atoms with Crippen molar-refractivity contribution in [1.82, 2.24) is 10.3 Å². The van der Waals surface area contributed by atoms with Crippen molar-refractivity contribution >= 4 is 23.2 Å². The molecule has 1 aromatic carbocycles. The number of nitrogens with two attached hydrogens (primary N) is 1. The SMILES string of the molecule is Nc1ccc(Cl)c(C(=O)NCc2cccnc2)c1. The molecule has 1 aromatic heterocycles. The maximum Gasteiger partial charge on any atom is 0.253 e. The summed E-state index contributed by atoms with van der Waals surface area (Å²) < 4.78 is 0. The van der Waals surface area contributed by atoms with Crippen LogP contribution in [-0.4, -0.2) is 10.9 Å². The molecule has 0 radical (unpaired) electrons. The van der Waals surface area contributed by atoms with Gasteiger partial charge in [0.05, 0.1) is 10.6 Å². The number of anilines is 1. The molecule has 0 aliphatic carbocycles. The third kappa shape index (κ3) is 2.99. The molecule has 0 spiro atoms. The molecular weight excluding hydrogens is 250 g/mol. The van der Waals surface area contributed by atoms with Crippen LogP contribution in [0.1, 0.15) is 15.9 Å². The van der Waals surface area contributed by atoms with Crippen molar-refractivity contribution in [2.24, 2.45) is 0 Å². The van der Waals surface area contributed by atoms with E-state index in [4.69, 9.17) is 17.3 Å². The minimum Gasteiger partial charge on any atom is -0.399 e. The van der Waals surface area contributed by atoms with Crippen LogP contribution in [-0.2, 0) is 6.54 Å². The molecule has 0 unspecified atom stereocenters. The van der Waals surface area contributed by atoms with Gasteiger partial charge in [-0.3, -0.25) is 9.78 Å². The maximum absolute atomic E-state index is 11.9. The van der Waals surface area contributed by atoms with E-state index in [9.17, 15) is 4.79 Å². The fourth-order valence-corrected chi connectivity index (χ4v) is 1.70. The van der Waals surface area contributed by atoms with Crippen molar-refractivity contribution < 1.29 is 4.79 Å². The van der Waals surface area contributed by atoms with Crippen LogP contribution in [0.3, 0.4) is 0 Å². The summed E-state index contributed by atoms with van der Waals surface area (Å²) in [5, 5.41) is 3.15. The molecule has 5 heteroatoms. The first-order valence-electron chi connectivity index (χ1n) is 5.39. The summed E-state index contributed by atoms with van der Waals surface area (Å²) in [5.41, 5.74) is 7.43. The number of rotatable bonds is 3. The van der Waals surface area contributed by atoms with E-state index < -0.39 is 0 Å². The number of hydrogen-bond acceptors (Lipinski definition) is 3. The highest BCUT2D eigenvalue weighted by Crippen LogP contribution is 2.18.